The summed E-state index contributed by atoms with van der Waals surface area (Å²) in [5.74, 6) is 0. The molecule has 5 heteroatoms. The maximum Gasteiger partial charge on any atom is 0.0518 e. The fourth-order valence-electron chi connectivity index (χ4n) is 1.60. The van der Waals surface area contributed by atoms with E-state index < -0.39 is 0 Å². The fourth-order valence-corrected chi connectivity index (χ4v) is 1.60. The molecule has 2 aromatic heterocycles. The van der Waals surface area contributed by atoms with Gasteiger partial charge in [0.15, 0.2) is 0 Å². The van der Waals surface area contributed by atoms with E-state index in [0.717, 1.165) is 18.8 Å². The van der Waals surface area contributed by atoms with Crippen LogP contribution >= 0.6 is 12.4 Å². The topological polar surface area (TPSA) is 42.7 Å². The third-order valence-corrected chi connectivity index (χ3v) is 2.66. The molecule has 2 rings (SSSR count). The Morgan fingerprint density at radius 3 is 2.71 bits per heavy atom. The average molecular weight is 253 g/mol. The highest BCUT2D eigenvalue weighted by Gasteiger charge is 2.00. The van der Waals surface area contributed by atoms with Gasteiger partial charge in [-0.05, 0) is 24.6 Å². The Balaban J connectivity index is 0.00000144. The van der Waals surface area contributed by atoms with E-state index in [2.05, 4.69) is 21.5 Å². The van der Waals surface area contributed by atoms with E-state index in [4.69, 9.17) is 0 Å². The Kier molecular flexibility index (Phi) is 5.12. The van der Waals surface area contributed by atoms with Crippen molar-refractivity contribution in [1.82, 2.24) is 20.1 Å². The molecule has 0 aromatic carbocycles. The molecule has 2 aromatic rings. The lowest BCUT2D eigenvalue weighted by Gasteiger charge is -2.07. The number of halogens is 1. The first-order valence-corrected chi connectivity index (χ1v) is 5.35. The Bertz CT molecular complexity index is 467. The fraction of sp³-hybridized carbons (Fsp3) is 0.333. The van der Waals surface area contributed by atoms with Gasteiger partial charge < -0.3 is 5.32 Å². The summed E-state index contributed by atoms with van der Waals surface area (Å²) in [6.07, 6.45) is 3.63. The van der Waals surface area contributed by atoms with Gasteiger partial charge in [0.2, 0.25) is 0 Å². The van der Waals surface area contributed by atoms with Crippen LogP contribution in [-0.2, 0) is 20.1 Å². The molecule has 0 bridgehead atoms. The number of aryl methyl sites for hydroxylation is 2. The minimum absolute atomic E-state index is 0. The summed E-state index contributed by atoms with van der Waals surface area (Å²) in [6.45, 7) is 3.69. The Hall–Kier alpha value is -1.39. The molecule has 0 saturated carbocycles. The normalized spacial score (nSPS) is 10.0. The first kappa shape index (κ1) is 13.7. The maximum atomic E-state index is 4.25. The SMILES string of the molecule is Cc1ncccc1CNCc1ccnn1C.Cl. The van der Waals surface area contributed by atoms with E-state index in [9.17, 15) is 0 Å². The van der Waals surface area contributed by atoms with Crippen molar-refractivity contribution in [3.05, 3.63) is 47.5 Å². The number of aromatic nitrogens is 3. The molecular formula is C12H17ClN4. The van der Waals surface area contributed by atoms with Crippen molar-refractivity contribution in [3.63, 3.8) is 0 Å². The third kappa shape index (κ3) is 3.54. The zero-order chi connectivity index (χ0) is 11.4. The lowest BCUT2D eigenvalue weighted by atomic mass is 10.2. The van der Waals surface area contributed by atoms with Crippen LogP contribution in [0.1, 0.15) is 17.0 Å². The van der Waals surface area contributed by atoms with Gasteiger partial charge in [-0.15, -0.1) is 12.4 Å². The van der Waals surface area contributed by atoms with Gasteiger partial charge >= 0.3 is 0 Å². The number of hydrogen-bond acceptors (Lipinski definition) is 3. The van der Waals surface area contributed by atoms with Crippen molar-refractivity contribution < 1.29 is 0 Å². The first-order valence-electron chi connectivity index (χ1n) is 5.35. The van der Waals surface area contributed by atoms with Gasteiger partial charge in [0.1, 0.15) is 0 Å². The summed E-state index contributed by atoms with van der Waals surface area (Å²) in [5.41, 5.74) is 3.51. The second-order valence-corrected chi connectivity index (χ2v) is 3.80. The molecule has 1 N–H and O–H groups in total. The van der Waals surface area contributed by atoms with Crippen molar-refractivity contribution in [2.45, 2.75) is 20.0 Å². The summed E-state index contributed by atoms with van der Waals surface area (Å²) in [4.78, 5) is 4.25. The first-order chi connectivity index (χ1) is 7.77. The van der Waals surface area contributed by atoms with Crippen LogP contribution < -0.4 is 5.32 Å². The van der Waals surface area contributed by atoms with Crippen LogP contribution in [-0.4, -0.2) is 14.8 Å². The van der Waals surface area contributed by atoms with Crippen LogP contribution in [0, 0.1) is 6.92 Å². The van der Waals surface area contributed by atoms with Crippen molar-refractivity contribution in [3.8, 4) is 0 Å². The zero-order valence-corrected chi connectivity index (χ0v) is 10.9. The summed E-state index contributed by atoms with van der Waals surface area (Å²) in [6, 6.07) is 6.08. The Morgan fingerprint density at radius 1 is 1.24 bits per heavy atom. The van der Waals surface area contributed by atoms with Gasteiger partial charge in [-0.3, -0.25) is 9.67 Å². The van der Waals surface area contributed by atoms with Crippen LogP contribution in [0.5, 0.6) is 0 Å². The van der Waals surface area contributed by atoms with Gasteiger partial charge in [0, 0.05) is 38.2 Å². The zero-order valence-electron chi connectivity index (χ0n) is 10.1. The molecule has 0 aliphatic rings. The van der Waals surface area contributed by atoms with E-state index in [1.807, 2.05) is 43.2 Å². The van der Waals surface area contributed by atoms with Crippen molar-refractivity contribution >= 4 is 12.4 Å². The van der Waals surface area contributed by atoms with Gasteiger partial charge in [-0.25, -0.2) is 0 Å². The molecule has 0 spiro atoms. The largest absolute Gasteiger partial charge is 0.307 e. The Labute approximate surface area is 107 Å². The highest BCUT2D eigenvalue weighted by atomic mass is 35.5. The monoisotopic (exact) mass is 252 g/mol. The van der Waals surface area contributed by atoms with Crippen LogP contribution in [0.4, 0.5) is 0 Å². The summed E-state index contributed by atoms with van der Waals surface area (Å²) < 4.78 is 1.88. The Morgan fingerprint density at radius 2 is 2.06 bits per heavy atom. The number of nitrogens with one attached hydrogen (secondary N) is 1. The summed E-state index contributed by atoms with van der Waals surface area (Å²) >= 11 is 0. The lowest BCUT2D eigenvalue weighted by molar-refractivity contribution is 0.624. The molecule has 4 nitrogen and oxygen atoms in total. The summed E-state index contributed by atoms with van der Waals surface area (Å²) in [7, 11) is 1.95. The molecule has 0 radical (unpaired) electrons. The molecule has 0 saturated heterocycles. The molecular weight excluding hydrogens is 236 g/mol. The predicted molar refractivity (Wildman–Crippen MR) is 70.0 cm³/mol. The molecule has 0 aliphatic carbocycles. The van der Waals surface area contributed by atoms with E-state index in [-0.39, 0.29) is 12.4 Å². The standard InChI is InChI=1S/C12H16N4.ClH/c1-10-11(4-3-6-14-10)8-13-9-12-5-7-15-16(12)2;/h3-7,13H,8-9H2,1-2H3;1H. The summed E-state index contributed by atoms with van der Waals surface area (Å²) in [5, 5.41) is 7.51. The lowest BCUT2D eigenvalue weighted by Crippen LogP contribution is -2.16. The molecule has 17 heavy (non-hydrogen) atoms. The number of pyridine rings is 1. The van der Waals surface area contributed by atoms with E-state index in [0.29, 0.717) is 0 Å². The second-order valence-electron chi connectivity index (χ2n) is 3.80. The molecule has 0 atom stereocenters. The average Bonchev–Trinajstić information content (AvgIpc) is 2.67. The molecule has 0 unspecified atom stereocenters. The van der Waals surface area contributed by atoms with Crippen molar-refractivity contribution in [2.24, 2.45) is 7.05 Å². The van der Waals surface area contributed by atoms with Crippen LogP contribution in [0.15, 0.2) is 30.6 Å². The van der Waals surface area contributed by atoms with Gasteiger partial charge in [0.25, 0.3) is 0 Å². The molecule has 92 valence electrons. The molecule has 0 amide bonds. The van der Waals surface area contributed by atoms with Gasteiger partial charge in [-0.2, -0.15) is 5.10 Å². The minimum Gasteiger partial charge on any atom is -0.307 e. The third-order valence-electron chi connectivity index (χ3n) is 2.66. The highest BCUT2D eigenvalue weighted by Crippen LogP contribution is 2.03. The number of hydrogen-bond donors (Lipinski definition) is 1. The van der Waals surface area contributed by atoms with Crippen LogP contribution in [0.2, 0.25) is 0 Å². The van der Waals surface area contributed by atoms with E-state index >= 15 is 0 Å². The van der Waals surface area contributed by atoms with E-state index in [1.165, 1.54) is 11.3 Å². The van der Waals surface area contributed by atoms with Crippen molar-refractivity contribution in [1.29, 1.82) is 0 Å². The second kappa shape index (κ2) is 6.37. The van der Waals surface area contributed by atoms with Gasteiger partial charge in [-0.1, -0.05) is 6.07 Å². The highest BCUT2D eigenvalue weighted by molar-refractivity contribution is 5.85. The quantitative estimate of drug-likeness (QED) is 0.903. The van der Waals surface area contributed by atoms with Gasteiger partial charge in [0.05, 0.1) is 5.69 Å². The van der Waals surface area contributed by atoms with E-state index in [1.54, 1.807) is 0 Å². The number of rotatable bonds is 4. The maximum absolute atomic E-state index is 4.25. The number of nitrogens with zero attached hydrogens (tertiary/aromatic N) is 3. The van der Waals surface area contributed by atoms with Crippen LogP contribution in [0.25, 0.3) is 0 Å². The van der Waals surface area contributed by atoms with Crippen LogP contribution in [0.3, 0.4) is 0 Å². The molecule has 2 heterocycles. The predicted octanol–water partition coefficient (Wildman–Crippen LogP) is 1.84. The molecule has 0 aliphatic heterocycles. The minimum atomic E-state index is 0. The smallest absolute Gasteiger partial charge is 0.0518 e. The molecule has 0 fully saturated rings. The van der Waals surface area contributed by atoms with Crippen molar-refractivity contribution in [2.75, 3.05) is 0 Å².